The second kappa shape index (κ2) is 5.06. The fourth-order valence-corrected chi connectivity index (χ4v) is 1.54. The van der Waals surface area contributed by atoms with Crippen LogP contribution in [0.1, 0.15) is 13.8 Å². The Labute approximate surface area is 106 Å². The van der Waals surface area contributed by atoms with Gasteiger partial charge in [0.15, 0.2) is 0 Å². The van der Waals surface area contributed by atoms with Crippen LogP contribution in [-0.4, -0.2) is 31.1 Å². The van der Waals surface area contributed by atoms with Crippen LogP contribution in [0.3, 0.4) is 0 Å². The Hall–Kier alpha value is -0.740. The van der Waals surface area contributed by atoms with E-state index in [9.17, 15) is 0 Å². The van der Waals surface area contributed by atoms with Crippen LogP contribution in [0.25, 0.3) is 0 Å². The number of hydrogen-bond acceptors (Lipinski definition) is 3. The Morgan fingerprint density at radius 2 is 2.00 bits per heavy atom. The van der Waals surface area contributed by atoms with Crippen molar-refractivity contribution in [1.82, 2.24) is 4.90 Å². The molecular weight excluding hydrogens is 266 g/mol. The summed E-state index contributed by atoms with van der Waals surface area (Å²) >= 11 is 3.39. The number of halogens is 1. The van der Waals surface area contributed by atoms with Gasteiger partial charge in [0.05, 0.1) is 11.4 Å². The molecule has 0 aliphatic rings. The van der Waals surface area contributed by atoms with Crippen molar-refractivity contribution in [2.24, 2.45) is 0 Å². The van der Waals surface area contributed by atoms with Crippen LogP contribution in [0.4, 0.5) is 11.4 Å². The van der Waals surface area contributed by atoms with E-state index in [0.717, 1.165) is 22.4 Å². The predicted molar refractivity (Wildman–Crippen MR) is 74.8 cm³/mol. The molecule has 0 aromatic heterocycles. The van der Waals surface area contributed by atoms with E-state index in [1.165, 1.54) is 0 Å². The van der Waals surface area contributed by atoms with Gasteiger partial charge in [-0.1, -0.05) is 15.9 Å². The number of nitrogens with zero attached hydrogens (tertiary/aromatic N) is 1. The maximum atomic E-state index is 5.92. The quantitative estimate of drug-likeness (QED) is 0.836. The summed E-state index contributed by atoms with van der Waals surface area (Å²) < 4.78 is 1.00. The molecule has 0 aliphatic carbocycles. The minimum absolute atomic E-state index is 0.0967. The largest absolute Gasteiger partial charge is 0.397 e. The zero-order valence-electron chi connectivity index (χ0n) is 10.3. The first kappa shape index (κ1) is 13.3. The summed E-state index contributed by atoms with van der Waals surface area (Å²) in [5, 5.41) is 3.37. The van der Waals surface area contributed by atoms with Crippen LogP contribution in [0.15, 0.2) is 22.7 Å². The average molecular weight is 286 g/mol. The molecule has 0 radical (unpaired) electrons. The predicted octanol–water partition coefficient (Wildman–Crippen LogP) is 2.78. The molecule has 0 amide bonds. The van der Waals surface area contributed by atoms with Gasteiger partial charge in [0.1, 0.15) is 0 Å². The lowest BCUT2D eigenvalue weighted by Gasteiger charge is -2.33. The highest BCUT2D eigenvalue weighted by atomic mass is 79.9. The van der Waals surface area contributed by atoms with Gasteiger partial charge in [-0.05, 0) is 46.1 Å². The molecule has 3 nitrogen and oxygen atoms in total. The molecule has 0 fully saturated rings. The second-order valence-corrected chi connectivity index (χ2v) is 5.71. The van der Waals surface area contributed by atoms with Crippen LogP contribution in [0, 0.1) is 0 Å². The number of rotatable bonds is 4. The molecule has 1 rings (SSSR count). The average Bonchev–Trinajstić information content (AvgIpc) is 2.16. The third-order valence-corrected chi connectivity index (χ3v) is 3.43. The van der Waals surface area contributed by atoms with Gasteiger partial charge in [0, 0.05) is 16.6 Å². The maximum absolute atomic E-state index is 5.92. The second-order valence-electron chi connectivity index (χ2n) is 4.79. The number of nitrogens with two attached hydrogens (primary N) is 1. The molecule has 16 heavy (non-hydrogen) atoms. The molecule has 1 aromatic rings. The Balaban J connectivity index is 2.68. The summed E-state index contributed by atoms with van der Waals surface area (Å²) in [5.41, 5.74) is 7.77. The summed E-state index contributed by atoms with van der Waals surface area (Å²) in [7, 11) is 4.15. The molecule has 0 unspecified atom stereocenters. The number of hydrogen-bond donors (Lipinski definition) is 2. The summed E-state index contributed by atoms with van der Waals surface area (Å²) in [6.45, 7) is 5.23. The van der Waals surface area contributed by atoms with Gasteiger partial charge in [-0.25, -0.2) is 0 Å². The van der Waals surface area contributed by atoms with E-state index >= 15 is 0 Å². The van der Waals surface area contributed by atoms with Crippen molar-refractivity contribution in [2.45, 2.75) is 19.4 Å². The fraction of sp³-hybridized carbons (Fsp3) is 0.500. The van der Waals surface area contributed by atoms with E-state index in [0.29, 0.717) is 0 Å². The van der Waals surface area contributed by atoms with Gasteiger partial charge in [-0.3, -0.25) is 0 Å². The molecule has 90 valence electrons. The standard InChI is InChI=1S/C12H20BrN3/c1-12(2,16(3)4)8-15-11-6-5-9(13)7-10(11)14/h5-7,15H,8,14H2,1-4H3. The first-order chi connectivity index (χ1) is 7.33. The molecule has 0 heterocycles. The van der Waals surface area contributed by atoms with Crippen molar-refractivity contribution in [3.05, 3.63) is 22.7 Å². The van der Waals surface area contributed by atoms with Gasteiger partial charge in [0.25, 0.3) is 0 Å². The van der Waals surface area contributed by atoms with Crippen LogP contribution >= 0.6 is 15.9 Å². The minimum Gasteiger partial charge on any atom is -0.397 e. The first-order valence-electron chi connectivity index (χ1n) is 5.29. The van der Waals surface area contributed by atoms with Crippen LogP contribution < -0.4 is 11.1 Å². The smallest absolute Gasteiger partial charge is 0.0575 e. The number of anilines is 2. The Morgan fingerprint density at radius 3 is 2.50 bits per heavy atom. The van der Waals surface area contributed by atoms with E-state index in [1.807, 2.05) is 18.2 Å². The third kappa shape index (κ3) is 3.39. The lowest BCUT2D eigenvalue weighted by Crippen LogP contribution is -2.44. The van der Waals surface area contributed by atoms with Crippen molar-refractivity contribution >= 4 is 27.3 Å². The number of nitrogens with one attached hydrogen (secondary N) is 1. The lowest BCUT2D eigenvalue weighted by atomic mass is 10.0. The monoisotopic (exact) mass is 285 g/mol. The van der Waals surface area contributed by atoms with E-state index < -0.39 is 0 Å². The first-order valence-corrected chi connectivity index (χ1v) is 6.08. The van der Waals surface area contributed by atoms with E-state index in [1.54, 1.807) is 0 Å². The summed E-state index contributed by atoms with van der Waals surface area (Å²) in [6.07, 6.45) is 0. The fourth-order valence-electron chi connectivity index (χ4n) is 1.16. The molecule has 0 saturated carbocycles. The molecule has 1 aromatic carbocycles. The number of likely N-dealkylation sites (N-methyl/N-ethyl adjacent to an activating group) is 1. The Morgan fingerprint density at radius 1 is 1.38 bits per heavy atom. The van der Waals surface area contributed by atoms with Gasteiger partial charge in [0.2, 0.25) is 0 Å². The van der Waals surface area contributed by atoms with Gasteiger partial charge in [-0.2, -0.15) is 0 Å². The van der Waals surface area contributed by atoms with Crippen molar-refractivity contribution in [3.63, 3.8) is 0 Å². The summed E-state index contributed by atoms with van der Waals surface area (Å²) in [4.78, 5) is 2.19. The molecular formula is C12H20BrN3. The molecule has 0 bridgehead atoms. The SMILES string of the molecule is CN(C)C(C)(C)CNc1ccc(Br)cc1N. The van der Waals surface area contributed by atoms with Crippen LogP contribution in [0.2, 0.25) is 0 Å². The van der Waals surface area contributed by atoms with E-state index in [2.05, 4.69) is 54.1 Å². The van der Waals surface area contributed by atoms with Gasteiger partial charge < -0.3 is 16.0 Å². The molecule has 0 aliphatic heterocycles. The van der Waals surface area contributed by atoms with Crippen molar-refractivity contribution in [3.8, 4) is 0 Å². The molecule has 0 atom stereocenters. The van der Waals surface area contributed by atoms with Crippen molar-refractivity contribution in [2.75, 3.05) is 31.7 Å². The number of benzene rings is 1. The highest BCUT2D eigenvalue weighted by molar-refractivity contribution is 9.10. The van der Waals surface area contributed by atoms with Crippen LogP contribution in [0.5, 0.6) is 0 Å². The lowest BCUT2D eigenvalue weighted by molar-refractivity contribution is 0.210. The third-order valence-electron chi connectivity index (χ3n) is 2.94. The Bertz CT molecular complexity index is 361. The van der Waals surface area contributed by atoms with Crippen LogP contribution in [-0.2, 0) is 0 Å². The minimum atomic E-state index is 0.0967. The van der Waals surface area contributed by atoms with Gasteiger partial charge >= 0.3 is 0 Å². The zero-order chi connectivity index (χ0) is 12.3. The molecule has 3 N–H and O–H groups in total. The molecule has 0 spiro atoms. The van der Waals surface area contributed by atoms with Gasteiger partial charge in [-0.15, -0.1) is 0 Å². The highest BCUT2D eigenvalue weighted by Crippen LogP contribution is 2.23. The normalized spacial score (nSPS) is 11.9. The summed E-state index contributed by atoms with van der Waals surface area (Å²) in [5.74, 6) is 0. The topological polar surface area (TPSA) is 41.3 Å². The maximum Gasteiger partial charge on any atom is 0.0575 e. The van der Waals surface area contributed by atoms with Crippen molar-refractivity contribution < 1.29 is 0 Å². The zero-order valence-corrected chi connectivity index (χ0v) is 11.9. The highest BCUT2D eigenvalue weighted by Gasteiger charge is 2.20. The van der Waals surface area contributed by atoms with Crippen molar-refractivity contribution in [1.29, 1.82) is 0 Å². The molecule has 0 saturated heterocycles. The van der Waals surface area contributed by atoms with E-state index in [-0.39, 0.29) is 5.54 Å². The summed E-state index contributed by atoms with van der Waals surface area (Å²) in [6, 6.07) is 5.89. The molecule has 4 heteroatoms. The Kier molecular flexibility index (Phi) is 4.21. The number of nitrogen functional groups attached to an aromatic ring is 1. The van der Waals surface area contributed by atoms with E-state index in [4.69, 9.17) is 5.73 Å².